The molecule has 0 saturated carbocycles. The zero-order valence-electron chi connectivity index (χ0n) is 15.6. The minimum atomic E-state index is -0.103. The predicted octanol–water partition coefficient (Wildman–Crippen LogP) is 2.86. The highest BCUT2D eigenvalue weighted by Crippen LogP contribution is 2.36. The van der Waals surface area contributed by atoms with Gasteiger partial charge in [0.05, 0.1) is 0 Å². The molecule has 5 heteroatoms. The topological polar surface area (TPSA) is 47.6 Å². The number of para-hydroxylation sites is 1. The second-order valence-electron chi connectivity index (χ2n) is 7.38. The maximum absolute atomic E-state index is 12.1. The number of carbonyl (C=O) groups excluding carboxylic acids is 1. The minimum absolute atomic E-state index is 0.103. The SMILES string of the molecule is CCN(CC)CC1CN2CCC1CC2CNC(=O)Nc1ccccc1. The van der Waals surface area contributed by atoms with Crippen molar-refractivity contribution >= 4 is 11.7 Å². The molecule has 4 atom stereocenters. The first-order chi connectivity index (χ1) is 12.2. The van der Waals surface area contributed by atoms with Gasteiger partial charge in [-0.25, -0.2) is 4.79 Å². The number of urea groups is 1. The van der Waals surface area contributed by atoms with Crippen LogP contribution in [0.25, 0.3) is 0 Å². The average Bonchev–Trinajstić information content (AvgIpc) is 2.66. The summed E-state index contributed by atoms with van der Waals surface area (Å²) in [6.07, 6.45) is 2.54. The first kappa shape index (κ1) is 18.2. The summed E-state index contributed by atoms with van der Waals surface area (Å²) in [4.78, 5) is 17.2. The summed E-state index contributed by atoms with van der Waals surface area (Å²) in [5.74, 6) is 1.61. The monoisotopic (exact) mass is 344 g/mol. The number of hydrogen-bond donors (Lipinski definition) is 2. The highest BCUT2D eigenvalue weighted by atomic mass is 16.2. The fourth-order valence-electron chi connectivity index (χ4n) is 4.39. The van der Waals surface area contributed by atoms with E-state index in [-0.39, 0.29) is 6.03 Å². The number of nitrogens with one attached hydrogen (secondary N) is 2. The van der Waals surface area contributed by atoms with E-state index in [4.69, 9.17) is 0 Å². The Morgan fingerprint density at radius 1 is 1.24 bits per heavy atom. The van der Waals surface area contributed by atoms with Crippen molar-refractivity contribution < 1.29 is 4.79 Å². The van der Waals surface area contributed by atoms with Crippen molar-refractivity contribution in [1.29, 1.82) is 0 Å². The lowest BCUT2D eigenvalue weighted by Crippen LogP contribution is -2.58. The second kappa shape index (κ2) is 8.68. The fraction of sp³-hybridized carbons (Fsp3) is 0.650. The van der Waals surface area contributed by atoms with Gasteiger partial charge in [0.25, 0.3) is 0 Å². The van der Waals surface area contributed by atoms with Crippen LogP contribution in [0.2, 0.25) is 0 Å². The third kappa shape index (κ3) is 4.73. The van der Waals surface area contributed by atoms with Crippen LogP contribution in [0, 0.1) is 11.8 Å². The molecule has 5 nitrogen and oxygen atoms in total. The van der Waals surface area contributed by atoms with Gasteiger partial charge in [0.2, 0.25) is 0 Å². The van der Waals surface area contributed by atoms with Crippen LogP contribution in [0.15, 0.2) is 30.3 Å². The van der Waals surface area contributed by atoms with E-state index in [9.17, 15) is 4.79 Å². The van der Waals surface area contributed by atoms with E-state index >= 15 is 0 Å². The highest BCUT2D eigenvalue weighted by molar-refractivity contribution is 5.89. The van der Waals surface area contributed by atoms with Gasteiger partial charge in [-0.1, -0.05) is 32.0 Å². The summed E-state index contributed by atoms with van der Waals surface area (Å²) in [5.41, 5.74) is 0.838. The van der Waals surface area contributed by atoms with Gasteiger partial charge in [-0.2, -0.15) is 0 Å². The van der Waals surface area contributed by atoms with E-state index in [0.717, 1.165) is 37.2 Å². The maximum Gasteiger partial charge on any atom is 0.319 e. The van der Waals surface area contributed by atoms with Crippen molar-refractivity contribution in [1.82, 2.24) is 15.1 Å². The molecule has 2 N–H and O–H groups in total. The van der Waals surface area contributed by atoms with E-state index in [2.05, 4.69) is 34.3 Å². The Kier molecular flexibility index (Phi) is 6.32. The summed E-state index contributed by atoms with van der Waals surface area (Å²) in [5, 5.41) is 5.96. The number of carbonyl (C=O) groups is 1. The number of amides is 2. The molecule has 2 amide bonds. The summed E-state index contributed by atoms with van der Waals surface area (Å²) in [6, 6.07) is 10.0. The molecule has 3 aliphatic rings. The molecule has 0 radical (unpaired) electrons. The van der Waals surface area contributed by atoms with E-state index in [0.29, 0.717) is 6.04 Å². The third-order valence-corrected chi connectivity index (χ3v) is 5.93. The molecule has 0 aliphatic carbocycles. The molecule has 3 saturated heterocycles. The Balaban J connectivity index is 1.45. The summed E-state index contributed by atoms with van der Waals surface area (Å²) in [7, 11) is 0. The van der Waals surface area contributed by atoms with E-state index in [1.54, 1.807) is 0 Å². The van der Waals surface area contributed by atoms with E-state index in [1.807, 2.05) is 30.3 Å². The van der Waals surface area contributed by atoms with Crippen molar-refractivity contribution in [3.63, 3.8) is 0 Å². The van der Waals surface area contributed by atoms with Crippen molar-refractivity contribution in [2.45, 2.75) is 32.7 Å². The largest absolute Gasteiger partial charge is 0.336 e. The van der Waals surface area contributed by atoms with Gasteiger partial charge < -0.3 is 15.5 Å². The number of fused-ring (bicyclic) bond motifs is 3. The Bertz CT molecular complexity index is 546. The Labute approximate surface area is 151 Å². The number of benzene rings is 1. The van der Waals surface area contributed by atoms with Crippen LogP contribution in [-0.2, 0) is 0 Å². The summed E-state index contributed by atoms with van der Waals surface area (Å²) < 4.78 is 0. The highest BCUT2D eigenvalue weighted by Gasteiger charge is 2.40. The molecule has 1 aromatic carbocycles. The van der Waals surface area contributed by atoms with Crippen LogP contribution in [0.5, 0.6) is 0 Å². The Morgan fingerprint density at radius 2 is 2.00 bits per heavy atom. The molecule has 3 fully saturated rings. The van der Waals surface area contributed by atoms with Gasteiger partial charge in [-0.15, -0.1) is 0 Å². The summed E-state index contributed by atoms with van der Waals surface area (Å²) in [6.45, 7) is 11.1. The number of piperidine rings is 3. The van der Waals surface area contributed by atoms with Gasteiger partial charge in [0, 0.05) is 31.4 Å². The minimum Gasteiger partial charge on any atom is -0.336 e. The number of nitrogens with zero attached hydrogens (tertiary/aromatic N) is 2. The predicted molar refractivity (Wildman–Crippen MR) is 103 cm³/mol. The average molecular weight is 345 g/mol. The zero-order chi connectivity index (χ0) is 17.6. The standard InChI is InChI=1S/C20H32N4O/c1-3-23(4-2)14-17-15-24-11-10-16(17)12-19(24)13-21-20(25)22-18-8-6-5-7-9-18/h5-9,16-17,19H,3-4,10-15H2,1-2H3,(H2,21,22,25). The fourth-order valence-corrected chi connectivity index (χ4v) is 4.39. The molecule has 138 valence electrons. The molecule has 1 aromatic rings. The van der Waals surface area contributed by atoms with Crippen molar-refractivity contribution in [2.75, 3.05) is 44.6 Å². The van der Waals surface area contributed by atoms with Gasteiger partial charge >= 0.3 is 6.03 Å². The van der Waals surface area contributed by atoms with Crippen molar-refractivity contribution in [3.05, 3.63) is 30.3 Å². The maximum atomic E-state index is 12.1. The van der Waals surface area contributed by atoms with Crippen molar-refractivity contribution in [3.8, 4) is 0 Å². The van der Waals surface area contributed by atoms with E-state index < -0.39 is 0 Å². The Morgan fingerprint density at radius 3 is 2.64 bits per heavy atom. The van der Waals surface area contributed by atoms with Crippen LogP contribution in [0.1, 0.15) is 26.7 Å². The van der Waals surface area contributed by atoms with Crippen LogP contribution >= 0.6 is 0 Å². The molecule has 25 heavy (non-hydrogen) atoms. The molecule has 3 heterocycles. The number of rotatable bonds is 7. The lowest BCUT2D eigenvalue weighted by atomic mass is 9.75. The number of anilines is 1. The van der Waals surface area contributed by atoms with Gasteiger partial charge in [0.1, 0.15) is 0 Å². The van der Waals surface area contributed by atoms with Gasteiger partial charge in [-0.3, -0.25) is 4.90 Å². The molecular weight excluding hydrogens is 312 g/mol. The lowest BCUT2D eigenvalue weighted by Gasteiger charge is -2.50. The normalized spacial score (nSPS) is 28.1. The molecule has 0 aromatic heterocycles. The molecule has 4 unspecified atom stereocenters. The van der Waals surface area contributed by atoms with E-state index in [1.165, 1.54) is 32.5 Å². The first-order valence-electron chi connectivity index (χ1n) is 9.75. The van der Waals surface area contributed by atoms with Crippen LogP contribution in [0.4, 0.5) is 10.5 Å². The molecular formula is C20H32N4O. The first-order valence-corrected chi connectivity index (χ1v) is 9.75. The quantitative estimate of drug-likeness (QED) is 0.800. The van der Waals surface area contributed by atoms with Crippen LogP contribution in [-0.4, -0.2) is 61.1 Å². The summed E-state index contributed by atoms with van der Waals surface area (Å²) >= 11 is 0. The number of hydrogen-bond acceptors (Lipinski definition) is 3. The Hall–Kier alpha value is -1.59. The molecule has 3 aliphatic heterocycles. The lowest BCUT2D eigenvalue weighted by molar-refractivity contribution is -0.00977. The van der Waals surface area contributed by atoms with Crippen molar-refractivity contribution in [2.24, 2.45) is 11.8 Å². The van der Waals surface area contributed by atoms with Crippen LogP contribution < -0.4 is 10.6 Å². The second-order valence-corrected chi connectivity index (χ2v) is 7.38. The molecule has 4 rings (SSSR count). The van der Waals surface area contributed by atoms with Gasteiger partial charge in [0.15, 0.2) is 0 Å². The molecule has 0 spiro atoms. The molecule has 2 bridgehead atoms. The van der Waals surface area contributed by atoms with Crippen LogP contribution in [0.3, 0.4) is 0 Å². The zero-order valence-corrected chi connectivity index (χ0v) is 15.6. The smallest absolute Gasteiger partial charge is 0.319 e. The van der Waals surface area contributed by atoms with Gasteiger partial charge in [-0.05, 0) is 56.4 Å². The third-order valence-electron chi connectivity index (χ3n) is 5.93.